The van der Waals surface area contributed by atoms with Crippen molar-refractivity contribution in [3.63, 3.8) is 0 Å². The van der Waals surface area contributed by atoms with Gasteiger partial charge in [0.1, 0.15) is 5.75 Å². The Hall–Kier alpha value is -2.77. The van der Waals surface area contributed by atoms with Gasteiger partial charge in [0.25, 0.3) is 0 Å². The highest BCUT2D eigenvalue weighted by Crippen LogP contribution is 2.31. The molecule has 1 aromatic carbocycles. The van der Waals surface area contributed by atoms with Crippen molar-refractivity contribution < 1.29 is 19.1 Å². The Balaban J connectivity index is 1.78. The molecule has 1 spiro atoms. The van der Waals surface area contributed by atoms with Crippen LogP contribution in [0.5, 0.6) is 5.75 Å². The van der Waals surface area contributed by atoms with E-state index in [0.717, 1.165) is 0 Å². The average Bonchev–Trinajstić information content (AvgIpc) is 2.92. The lowest BCUT2D eigenvalue weighted by atomic mass is 9.86. The van der Waals surface area contributed by atoms with Crippen LogP contribution < -0.4 is 15.4 Å². The minimum absolute atomic E-state index is 0.0352. The lowest BCUT2D eigenvalue weighted by molar-refractivity contribution is -0.135. The summed E-state index contributed by atoms with van der Waals surface area (Å²) in [6.45, 7) is 5.98. The number of nitrogens with one attached hydrogen (secondary N) is 2. The number of urea groups is 1. The van der Waals surface area contributed by atoms with Crippen molar-refractivity contribution in [1.82, 2.24) is 15.1 Å². The van der Waals surface area contributed by atoms with Gasteiger partial charge in [0.2, 0.25) is 11.8 Å². The fraction of sp³-hybridized carbons (Fsp3) is 0.550. The number of hydrogen-bond acceptors (Lipinski definition) is 4. The topological polar surface area (TPSA) is 91.0 Å². The zero-order valence-corrected chi connectivity index (χ0v) is 16.7. The van der Waals surface area contributed by atoms with Crippen LogP contribution in [0.15, 0.2) is 24.3 Å². The van der Waals surface area contributed by atoms with Gasteiger partial charge in [-0.2, -0.15) is 0 Å². The minimum atomic E-state index is -0.455. The van der Waals surface area contributed by atoms with Gasteiger partial charge in [-0.1, -0.05) is 19.9 Å². The van der Waals surface area contributed by atoms with Crippen LogP contribution in [0.2, 0.25) is 0 Å². The first kappa shape index (κ1) is 20.0. The summed E-state index contributed by atoms with van der Waals surface area (Å²) in [4.78, 5) is 40.9. The number of methoxy groups -OCH3 is 1. The summed E-state index contributed by atoms with van der Waals surface area (Å²) in [6.07, 6.45) is 0.317. The number of carbonyl (C=O) groups is 3. The van der Waals surface area contributed by atoms with Crippen molar-refractivity contribution in [2.75, 3.05) is 45.2 Å². The van der Waals surface area contributed by atoms with Crippen molar-refractivity contribution >= 4 is 23.5 Å². The Labute approximate surface area is 165 Å². The van der Waals surface area contributed by atoms with Crippen LogP contribution in [0.3, 0.4) is 0 Å². The van der Waals surface area contributed by atoms with E-state index in [1.54, 1.807) is 35.1 Å². The van der Waals surface area contributed by atoms with Crippen molar-refractivity contribution in [3.8, 4) is 5.75 Å². The van der Waals surface area contributed by atoms with Crippen molar-refractivity contribution in [3.05, 3.63) is 24.3 Å². The van der Waals surface area contributed by atoms with Gasteiger partial charge in [-0.05, 0) is 12.1 Å². The van der Waals surface area contributed by atoms with Gasteiger partial charge in [-0.25, -0.2) is 4.79 Å². The second-order valence-electron chi connectivity index (χ2n) is 7.95. The van der Waals surface area contributed by atoms with Crippen LogP contribution in [0.1, 0.15) is 20.3 Å². The minimum Gasteiger partial charge on any atom is -0.497 e. The van der Waals surface area contributed by atoms with Crippen molar-refractivity contribution in [2.45, 2.75) is 20.3 Å². The molecule has 8 heteroatoms. The molecular weight excluding hydrogens is 360 g/mol. The van der Waals surface area contributed by atoms with E-state index in [4.69, 9.17) is 4.74 Å². The van der Waals surface area contributed by atoms with Gasteiger partial charge < -0.3 is 25.2 Å². The fourth-order valence-electron chi connectivity index (χ4n) is 3.86. The predicted molar refractivity (Wildman–Crippen MR) is 105 cm³/mol. The maximum Gasteiger partial charge on any atom is 0.321 e. The predicted octanol–water partition coefficient (Wildman–Crippen LogP) is 1.53. The lowest BCUT2D eigenvalue weighted by Crippen LogP contribution is -2.46. The van der Waals surface area contributed by atoms with E-state index in [2.05, 4.69) is 10.6 Å². The number of amides is 4. The van der Waals surface area contributed by atoms with E-state index in [1.807, 2.05) is 19.9 Å². The zero-order valence-electron chi connectivity index (χ0n) is 16.7. The van der Waals surface area contributed by atoms with Crippen molar-refractivity contribution in [1.29, 1.82) is 0 Å². The summed E-state index contributed by atoms with van der Waals surface area (Å²) in [5.41, 5.74) is 0.183. The van der Waals surface area contributed by atoms with E-state index in [1.165, 1.54) is 0 Å². The molecule has 0 unspecified atom stereocenters. The number of ether oxygens (including phenoxy) is 1. The second-order valence-corrected chi connectivity index (χ2v) is 7.95. The van der Waals surface area contributed by atoms with Crippen LogP contribution in [-0.4, -0.2) is 67.5 Å². The molecule has 1 aromatic rings. The summed E-state index contributed by atoms with van der Waals surface area (Å²) >= 11 is 0. The Morgan fingerprint density at radius 1 is 1.21 bits per heavy atom. The van der Waals surface area contributed by atoms with E-state index in [9.17, 15) is 14.4 Å². The number of nitrogens with zero attached hydrogens (tertiary/aromatic N) is 2. The molecular formula is C20H28N4O4. The number of benzene rings is 1. The number of anilines is 1. The maximum atomic E-state index is 12.9. The summed E-state index contributed by atoms with van der Waals surface area (Å²) < 4.78 is 5.20. The molecule has 2 N–H and O–H groups in total. The first-order valence-corrected chi connectivity index (χ1v) is 9.57. The van der Waals surface area contributed by atoms with Crippen LogP contribution in [0.25, 0.3) is 0 Å². The molecule has 2 aliphatic rings. The largest absolute Gasteiger partial charge is 0.497 e. The monoisotopic (exact) mass is 388 g/mol. The third-order valence-electron chi connectivity index (χ3n) is 5.30. The quantitative estimate of drug-likeness (QED) is 0.822. The van der Waals surface area contributed by atoms with Crippen LogP contribution in [-0.2, 0) is 9.59 Å². The molecule has 2 saturated heterocycles. The third-order valence-corrected chi connectivity index (χ3v) is 5.30. The molecule has 0 aliphatic carbocycles. The summed E-state index contributed by atoms with van der Waals surface area (Å²) in [7, 11) is 1.57. The smallest absolute Gasteiger partial charge is 0.321 e. The normalized spacial score (nSPS) is 22.2. The molecule has 0 saturated carbocycles. The van der Waals surface area contributed by atoms with Gasteiger partial charge in [-0.15, -0.1) is 0 Å². The van der Waals surface area contributed by atoms with E-state index in [0.29, 0.717) is 50.6 Å². The molecule has 2 fully saturated rings. The van der Waals surface area contributed by atoms with E-state index >= 15 is 0 Å². The molecule has 152 valence electrons. The number of hydrogen-bond donors (Lipinski definition) is 2. The molecule has 1 atom stereocenters. The summed E-state index contributed by atoms with van der Waals surface area (Å²) in [5, 5.41) is 5.77. The third kappa shape index (κ3) is 4.37. The molecule has 8 nitrogen and oxygen atoms in total. The standard InChI is InChI=1S/C20H28N4O4/c1-14(2)18(26)23-7-8-24(13-20(12-23)10-17(25)21-11-20)19(27)22-15-5-4-6-16(9-15)28-3/h4-6,9,14H,7-8,10-13H2,1-3H3,(H,21,25)(H,22,27)/t20-/m0/s1. The lowest BCUT2D eigenvalue weighted by Gasteiger charge is -2.33. The van der Waals surface area contributed by atoms with Crippen molar-refractivity contribution in [2.24, 2.45) is 11.3 Å². The molecule has 2 heterocycles. The Morgan fingerprint density at radius 2 is 1.93 bits per heavy atom. The zero-order chi connectivity index (χ0) is 20.3. The molecule has 0 bridgehead atoms. The molecule has 3 rings (SSSR count). The Bertz CT molecular complexity index is 766. The van der Waals surface area contributed by atoms with Gasteiger partial charge in [0.05, 0.1) is 7.11 Å². The summed E-state index contributed by atoms with van der Waals surface area (Å²) in [5.74, 6) is 0.546. The first-order chi connectivity index (χ1) is 13.3. The Morgan fingerprint density at radius 3 is 2.57 bits per heavy atom. The highest BCUT2D eigenvalue weighted by Gasteiger charge is 2.45. The average molecular weight is 388 g/mol. The molecule has 4 amide bonds. The Kier molecular flexibility index (Phi) is 5.76. The van der Waals surface area contributed by atoms with Crippen LogP contribution >= 0.6 is 0 Å². The molecule has 0 radical (unpaired) electrons. The molecule has 28 heavy (non-hydrogen) atoms. The van der Waals surface area contributed by atoms with E-state index in [-0.39, 0.29) is 23.8 Å². The van der Waals surface area contributed by atoms with Gasteiger partial charge in [0.15, 0.2) is 0 Å². The van der Waals surface area contributed by atoms with Crippen LogP contribution in [0, 0.1) is 11.3 Å². The molecule has 2 aliphatic heterocycles. The maximum absolute atomic E-state index is 12.9. The second kappa shape index (κ2) is 8.08. The first-order valence-electron chi connectivity index (χ1n) is 9.57. The van der Waals surface area contributed by atoms with Gasteiger partial charge in [0, 0.05) is 62.2 Å². The van der Waals surface area contributed by atoms with E-state index < -0.39 is 5.41 Å². The van der Waals surface area contributed by atoms with Gasteiger partial charge >= 0.3 is 6.03 Å². The number of rotatable bonds is 3. The molecule has 0 aromatic heterocycles. The number of carbonyl (C=O) groups excluding carboxylic acids is 3. The highest BCUT2D eigenvalue weighted by molar-refractivity contribution is 5.90. The summed E-state index contributed by atoms with van der Waals surface area (Å²) in [6, 6.07) is 6.91. The fourth-order valence-corrected chi connectivity index (χ4v) is 3.86. The van der Waals surface area contributed by atoms with Gasteiger partial charge in [-0.3, -0.25) is 9.59 Å². The SMILES string of the molecule is COc1cccc(NC(=O)N2CCN(C(=O)C(C)C)C[C@]3(CNC(=O)C3)C2)c1. The highest BCUT2D eigenvalue weighted by atomic mass is 16.5. The van der Waals surface area contributed by atoms with Crippen LogP contribution in [0.4, 0.5) is 10.5 Å².